The number of rotatable bonds is 4. The largest absolute Gasteiger partial charge is 0.497 e. The molecule has 2 aromatic rings. The molecule has 0 atom stereocenters. The van der Waals surface area contributed by atoms with Crippen molar-refractivity contribution in [2.75, 3.05) is 32.5 Å². The van der Waals surface area contributed by atoms with Crippen molar-refractivity contribution in [2.45, 2.75) is 6.54 Å². The van der Waals surface area contributed by atoms with Crippen LogP contribution in [0.1, 0.15) is 15.9 Å². The fourth-order valence-electron chi connectivity index (χ4n) is 2.76. The molecule has 1 aromatic heterocycles. The summed E-state index contributed by atoms with van der Waals surface area (Å²) < 4.78 is 5.13. The number of pyridine rings is 1. The summed E-state index contributed by atoms with van der Waals surface area (Å²) in [5.74, 6) is 0.793. The third-order valence-electron chi connectivity index (χ3n) is 4.17. The van der Waals surface area contributed by atoms with Crippen molar-refractivity contribution in [3.05, 3.63) is 53.7 Å². The number of piperazine rings is 1. The normalized spacial score (nSPS) is 14.5. The maximum Gasteiger partial charge on any atom is 0.254 e. The van der Waals surface area contributed by atoms with Crippen molar-refractivity contribution >= 4 is 17.6 Å². The molecule has 1 aromatic carbocycles. The molecule has 0 aliphatic carbocycles. The fraction of sp³-hybridized carbons (Fsp3) is 0.278. The van der Waals surface area contributed by atoms with Gasteiger partial charge in [-0.15, -0.1) is 0 Å². The first-order chi connectivity index (χ1) is 12.1. The van der Waals surface area contributed by atoms with Gasteiger partial charge in [-0.2, -0.15) is 0 Å². The summed E-state index contributed by atoms with van der Waals surface area (Å²) in [6.07, 6.45) is 1.49. The van der Waals surface area contributed by atoms with Gasteiger partial charge >= 0.3 is 0 Å². The van der Waals surface area contributed by atoms with E-state index in [9.17, 15) is 9.59 Å². The number of carbonyl (C=O) groups is 2. The van der Waals surface area contributed by atoms with Gasteiger partial charge in [0.1, 0.15) is 18.1 Å². The smallest absolute Gasteiger partial charge is 0.254 e. The average molecular weight is 340 g/mol. The molecule has 2 amide bonds. The molecule has 7 heteroatoms. The predicted molar refractivity (Wildman–Crippen MR) is 93.0 cm³/mol. The molecule has 7 nitrogen and oxygen atoms in total. The van der Waals surface area contributed by atoms with Crippen LogP contribution in [0.2, 0.25) is 0 Å². The van der Waals surface area contributed by atoms with Crippen LogP contribution < -0.4 is 10.5 Å². The molecular formula is C18H20N4O3. The Hall–Kier alpha value is -3.09. The van der Waals surface area contributed by atoms with E-state index in [2.05, 4.69) is 4.98 Å². The summed E-state index contributed by atoms with van der Waals surface area (Å²) in [6.45, 7) is 1.57. The average Bonchev–Trinajstić information content (AvgIpc) is 2.63. The first-order valence-electron chi connectivity index (χ1n) is 7.98. The number of benzene rings is 1. The van der Waals surface area contributed by atoms with Crippen LogP contribution in [0.15, 0.2) is 42.6 Å². The number of nitrogens with zero attached hydrogens (tertiary/aromatic N) is 3. The first-order valence-corrected chi connectivity index (χ1v) is 7.98. The summed E-state index contributed by atoms with van der Waals surface area (Å²) in [6, 6.07) is 10.7. The van der Waals surface area contributed by atoms with Crippen LogP contribution in [-0.2, 0) is 11.3 Å². The molecule has 1 fully saturated rings. The van der Waals surface area contributed by atoms with E-state index in [4.69, 9.17) is 10.5 Å². The van der Waals surface area contributed by atoms with Crippen molar-refractivity contribution < 1.29 is 14.3 Å². The lowest BCUT2D eigenvalue weighted by molar-refractivity contribution is -0.135. The summed E-state index contributed by atoms with van der Waals surface area (Å²) in [4.78, 5) is 32.1. The molecule has 2 heterocycles. The van der Waals surface area contributed by atoms with Crippen LogP contribution >= 0.6 is 0 Å². The highest BCUT2D eigenvalue weighted by atomic mass is 16.5. The molecule has 3 rings (SSSR count). The number of anilines is 1. The molecular weight excluding hydrogens is 320 g/mol. The Balaban J connectivity index is 1.62. The van der Waals surface area contributed by atoms with Crippen molar-refractivity contribution in [1.29, 1.82) is 0 Å². The van der Waals surface area contributed by atoms with Crippen LogP contribution in [0.4, 0.5) is 5.82 Å². The van der Waals surface area contributed by atoms with Crippen molar-refractivity contribution in [3.63, 3.8) is 0 Å². The Kier molecular flexibility index (Phi) is 4.83. The summed E-state index contributed by atoms with van der Waals surface area (Å²) in [7, 11) is 1.62. The number of methoxy groups -OCH3 is 1. The molecule has 0 radical (unpaired) electrons. The Morgan fingerprint density at radius 1 is 1.24 bits per heavy atom. The van der Waals surface area contributed by atoms with Crippen molar-refractivity contribution in [1.82, 2.24) is 14.8 Å². The number of amides is 2. The van der Waals surface area contributed by atoms with E-state index in [1.54, 1.807) is 23.0 Å². The van der Waals surface area contributed by atoms with Gasteiger partial charge in [0.05, 0.1) is 7.11 Å². The van der Waals surface area contributed by atoms with Gasteiger partial charge < -0.3 is 20.3 Å². The zero-order chi connectivity index (χ0) is 17.8. The maximum atomic E-state index is 12.5. The van der Waals surface area contributed by atoms with E-state index in [1.165, 1.54) is 12.3 Å². The third-order valence-corrected chi connectivity index (χ3v) is 4.17. The number of aromatic nitrogens is 1. The number of nitrogen functional groups attached to an aromatic ring is 1. The van der Waals surface area contributed by atoms with E-state index in [0.29, 0.717) is 25.2 Å². The lowest BCUT2D eigenvalue weighted by atomic mass is 10.1. The number of hydrogen-bond donors (Lipinski definition) is 1. The van der Waals surface area contributed by atoms with Crippen molar-refractivity contribution in [3.8, 4) is 5.75 Å². The minimum atomic E-state index is -0.202. The van der Waals surface area contributed by atoms with E-state index < -0.39 is 0 Å². The molecule has 0 spiro atoms. The van der Waals surface area contributed by atoms with Gasteiger partial charge in [0.15, 0.2) is 0 Å². The molecule has 0 unspecified atom stereocenters. The maximum absolute atomic E-state index is 12.5. The van der Waals surface area contributed by atoms with Crippen LogP contribution in [0, 0.1) is 0 Å². The first kappa shape index (κ1) is 16.8. The van der Waals surface area contributed by atoms with E-state index in [-0.39, 0.29) is 24.2 Å². The molecule has 1 aliphatic rings. The molecule has 0 bridgehead atoms. The van der Waals surface area contributed by atoms with Crippen LogP contribution in [0.5, 0.6) is 5.75 Å². The zero-order valence-corrected chi connectivity index (χ0v) is 14.0. The van der Waals surface area contributed by atoms with Crippen LogP contribution in [0.3, 0.4) is 0 Å². The van der Waals surface area contributed by atoms with Gasteiger partial charge in [0.2, 0.25) is 5.91 Å². The number of hydrogen-bond acceptors (Lipinski definition) is 5. The second kappa shape index (κ2) is 7.21. The summed E-state index contributed by atoms with van der Waals surface area (Å²) >= 11 is 0. The minimum Gasteiger partial charge on any atom is -0.497 e. The number of carbonyl (C=O) groups excluding carboxylic acids is 2. The van der Waals surface area contributed by atoms with Gasteiger partial charge in [0, 0.05) is 31.4 Å². The van der Waals surface area contributed by atoms with Crippen LogP contribution in [-0.4, -0.2) is 53.3 Å². The second-order valence-electron chi connectivity index (χ2n) is 5.86. The molecule has 130 valence electrons. The minimum absolute atomic E-state index is 0.0667. The number of ether oxygens (including phenoxy) is 1. The summed E-state index contributed by atoms with van der Waals surface area (Å²) in [5.41, 5.74) is 7.09. The van der Waals surface area contributed by atoms with Gasteiger partial charge in [-0.1, -0.05) is 12.1 Å². The number of nitrogens with two attached hydrogens (primary N) is 1. The highest BCUT2D eigenvalue weighted by molar-refractivity contribution is 5.97. The van der Waals surface area contributed by atoms with E-state index in [0.717, 1.165) is 11.3 Å². The Morgan fingerprint density at radius 2 is 2.00 bits per heavy atom. The lowest BCUT2D eigenvalue weighted by Crippen LogP contribution is -2.51. The van der Waals surface area contributed by atoms with Crippen LogP contribution in [0.25, 0.3) is 0 Å². The highest BCUT2D eigenvalue weighted by Crippen LogP contribution is 2.16. The van der Waals surface area contributed by atoms with Gasteiger partial charge in [-0.3, -0.25) is 9.59 Å². The molecule has 1 aliphatic heterocycles. The topological polar surface area (TPSA) is 88.8 Å². The SMILES string of the molecule is COc1ccc(CN2CCN(C(=O)c3ccnc(N)c3)CC2=O)cc1. The Morgan fingerprint density at radius 3 is 2.64 bits per heavy atom. The highest BCUT2D eigenvalue weighted by Gasteiger charge is 2.27. The third kappa shape index (κ3) is 3.88. The van der Waals surface area contributed by atoms with Gasteiger partial charge in [-0.05, 0) is 29.8 Å². The Labute approximate surface area is 146 Å². The van der Waals surface area contributed by atoms with E-state index >= 15 is 0 Å². The summed E-state index contributed by atoms with van der Waals surface area (Å²) in [5, 5.41) is 0. The van der Waals surface area contributed by atoms with Gasteiger partial charge in [-0.25, -0.2) is 4.98 Å². The molecule has 1 saturated heterocycles. The zero-order valence-electron chi connectivity index (χ0n) is 14.0. The Bertz CT molecular complexity index is 776. The van der Waals surface area contributed by atoms with Crippen molar-refractivity contribution in [2.24, 2.45) is 0 Å². The molecule has 25 heavy (non-hydrogen) atoms. The molecule has 0 saturated carbocycles. The fourth-order valence-corrected chi connectivity index (χ4v) is 2.76. The van der Waals surface area contributed by atoms with E-state index in [1.807, 2.05) is 24.3 Å². The lowest BCUT2D eigenvalue weighted by Gasteiger charge is -2.34. The molecule has 2 N–H and O–H groups in total. The predicted octanol–water partition coefficient (Wildman–Crippen LogP) is 1.16. The van der Waals surface area contributed by atoms with Gasteiger partial charge in [0.25, 0.3) is 5.91 Å². The second-order valence-corrected chi connectivity index (χ2v) is 5.86. The quantitative estimate of drug-likeness (QED) is 0.902. The standard InChI is InChI=1S/C18H20N4O3/c1-25-15-4-2-13(3-5-15)11-21-8-9-22(12-17(21)23)18(24)14-6-7-20-16(19)10-14/h2-7,10H,8-9,11-12H2,1H3,(H2,19,20). The monoisotopic (exact) mass is 340 g/mol.